The van der Waals surface area contributed by atoms with Crippen LogP contribution >= 0.6 is 0 Å². The number of ether oxygens (including phenoxy) is 1. The van der Waals surface area contributed by atoms with Crippen LogP contribution in [-0.4, -0.2) is 63.3 Å². The molecule has 140 valence electrons. The van der Waals surface area contributed by atoms with Gasteiger partial charge in [-0.1, -0.05) is 17.3 Å². The number of benzene rings is 1. The first-order chi connectivity index (χ1) is 12.6. The van der Waals surface area contributed by atoms with Crippen molar-refractivity contribution in [2.45, 2.75) is 31.5 Å². The number of methoxy groups -OCH3 is 1. The molecule has 0 radical (unpaired) electrons. The van der Waals surface area contributed by atoms with E-state index in [1.807, 2.05) is 24.3 Å². The second kappa shape index (κ2) is 8.29. The average Bonchev–Trinajstić information content (AvgIpc) is 3.17. The smallest absolute Gasteiger partial charge is 0.256 e. The Hall–Kier alpha value is -2.45. The highest BCUT2D eigenvalue weighted by Crippen LogP contribution is 2.24. The first kappa shape index (κ1) is 18.3. The Morgan fingerprint density at radius 3 is 3.08 bits per heavy atom. The monoisotopic (exact) mass is 359 g/mol. The number of hydrogen-bond donors (Lipinski definition) is 2. The van der Waals surface area contributed by atoms with Gasteiger partial charge < -0.3 is 20.1 Å². The van der Waals surface area contributed by atoms with Gasteiger partial charge in [-0.15, -0.1) is 5.10 Å². The Morgan fingerprint density at radius 2 is 2.31 bits per heavy atom. The van der Waals surface area contributed by atoms with Gasteiger partial charge in [0.15, 0.2) is 5.60 Å². The van der Waals surface area contributed by atoms with Crippen LogP contribution in [0.4, 0.5) is 0 Å². The summed E-state index contributed by atoms with van der Waals surface area (Å²) in [7, 11) is 1.62. The molecule has 2 heterocycles. The third-order valence-corrected chi connectivity index (χ3v) is 4.62. The van der Waals surface area contributed by atoms with Crippen molar-refractivity contribution in [1.82, 2.24) is 25.2 Å². The molecule has 3 rings (SSSR count). The van der Waals surface area contributed by atoms with Crippen LogP contribution in [0.25, 0.3) is 0 Å². The number of nitrogens with zero attached hydrogens (tertiary/aromatic N) is 4. The zero-order chi connectivity index (χ0) is 18.4. The van der Waals surface area contributed by atoms with Crippen LogP contribution in [0.3, 0.4) is 0 Å². The summed E-state index contributed by atoms with van der Waals surface area (Å²) in [6.07, 6.45) is 4.64. The summed E-state index contributed by atoms with van der Waals surface area (Å²) in [6, 6.07) is 7.65. The van der Waals surface area contributed by atoms with Crippen molar-refractivity contribution in [3.63, 3.8) is 0 Å². The number of amides is 1. The van der Waals surface area contributed by atoms with Crippen molar-refractivity contribution in [3.8, 4) is 5.75 Å². The number of rotatable bonds is 8. The molecule has 1 aliphatic heterocycles. The van der Waals surface area contributed by atoms with E-state index in [1.165, 1.54) is 0 Å². The molecular formula is C18H25N5O3. The number of piperidine rings is 1. The fraction of sp³-hybridized carbons (Fsp3) is 0.500. The third-order valence-electron chi connectivity index (χ3n) is 4.62. The van der Waals surface area contributed by atoms with Gasteiger partial charge in [0.05, 0.1) is 19.9 Å². The van der Waals surface area contributed by atoms with E-state index in [2.05, 4.69) is 15.6 Å². The fourth-order valence-corrected chi connectivity index (χ4v) is 3.21. The van der Waals surface area contributed by atoms with Crippen LogP contribution in [-0.2, 0) is 17.9 Å². The molecule has 0 spiro atoms. The zero-order valence-corrected chi connectivity index (χ0v) is 15.0. The maximum Gasteiger partial charge on any atom is 0.256 e. The summed E-state index contributed by atoms with van der Waals surface area (Å²) in [5, 5.41) is 21.6. The number of nitrogens with one attached hydrogen (secondary N) is 1. The third kappa shape index (κ3) is 4.39. The lowest BCUT2D eigenvalue weighted by Gasteiger charge is -2.38. The van der Waals surface area contributed by atoms with Crippen LogP contribution in [0.2, 0.25) is 0 Å². The molecule has 1 aliphatic rings. The van der Waals surface area contributed by atoms with E-state index in [-0.39, 0.29) is 12.5 Å². The Kier molecular flexibility index (Phi) is 5.85. The minimum Gasteiger partial charge on any atom is -0.497 e. The Labute approximate surface area is 152 Å². The SMILES string of the molecule is COc1cccc(CN2CCC[C@@](O)(CNCCn3ccnn3)C2=O)c1. The number of carbonyl (C=O) groups is 1. The second-order valence-corrected chi connectivity index (χ2v) is 6.56. The van der Waals surface area contributed by atoms with Crippen LogP contribution in [0.15, 0.2) is 36.7 Å². The molecule has 1 saturated heterocycles. The largest absolute Gasteiger partial charge is 0.497 e. The van der Waals surface area contributed by atoms with Gasteiger partial charge in [0, 0.05) is 32.4 Å². The summed E-state index contributed by atoms with van der Waals surface area (Å²) >= 11 is 0. The molecule has 0 bridgehead atoms. The highest BCUT2D eigenvalue weighted by Gasteiger charge is 2.41. The van der Waals surface area contributed by atoms with Gasteiger partial charge in [0.2, 0.25) is 0 Å². The molecule has 1 amide bonds. The first-order valence-electron chi connectivity index (χ1n) is 8.80. The topological polar surface area (TPSA) is 92.5 Å². The van der Waals surface area contributed by atoms with Crippen molar-refractivity contribution in [3.05, 3.63) is 42.2 Å². The Morgan fingerprint density at radius 1 is 1.42 bits per heavy atom. The molecular weight excluding hydrogens is 334 g/mol. The molecule has 1 aromatic heterocycles. The van der Waals surface area contributed by atoms with Gasteiger partial charge in [-0.2, -0.15) is 0 Å². The lowest BCUT2D eigenvalue weighted by Crippen LogP contribution is -2.57. The maximum absolute atomic E-state index is 12.8. The van der Waals surface area contributed by atoms with E-state index in [4.69, 9.17) is 4.74 Å². The van der Waals surface area contributed by atoms with Crippen molar-refractivity contribution in [2.24, 2.45) is 0 Å². The lowest BCUT2D eigenvalue weighted by atomic mass is 9.91. The summed E-state index contributed by atoms with van der Waals surface area (Å²) in [5.74, 6) is 0.539. The van der Waals surface area contributed by atoms with Gasteiger partial charge in [-0.05, 0) is 30.5 Å². The van der Waals surface area contributed by atoms with Gasteiger partial charge in [0.1, 0.15) is 5.75 Å². The maximum atomic E-state index is 12.8. The number of aromatic nitrogens is 3. The fourth-order valence-electron chi connectivity index (χ4n) is 3.21. The van der Waals surface area contributed by atoms with Crippen LogP contribution in [0, 0.1) is 0 Å². The van der Waals surface area contributed by atoms with Crippen molar-refractivity contribution in [1.29, 1.82) is 0 Å². The second-order valence-electron chi connectivity index (χ2n) is 6.56. The van der Waals surface area contributed by atoms with Crippen molar-refractivity contribution < 1.29 is 14.6 Å². The molecule has 1 fully saturated rings. The van der Waals surface area contributed by atoms with E-state index in [9.17, 15) is 9.90 Å². The van der Waals surface area contributed by atoms with E-state index in [1.54, 1.807) is 29.1 Å². The molecule has 2 aromatic rings. The summed E-state index contributed by atoms with van der Waals surface area (Å²) in [6.45, 7) is 2.59. The highest BCUT2D eigenvalue weighted by atomic mass is 16.5. The minimum absolute atomic E-state index is 0.222. The van der Waals surface area contributed by atoms with Gasteiger partial charge >= 0.3 is 0 Å². The first-order valence-corrected chi connectivity index (χ1v) is 8.80. The minimum atomic E-state index is -1.36. The van der Waals surface area contributed by atoms with E-state index < -0.39 is 5.60 Å². The number of likely N-dealkylation sites (tertiary alicyclic amines) is 1. The van der Waals surface area contributed by atoms with Crippen molar-refractivity contribution in [2.75, 3.05) is 26.7 Å². The van der Waals surface area contributed by atoms with E-state index >= 15 is 0 Å². The van der Waals surface area contributed by atoms with Crippen molar-refractivity contribution >= 4 is 5.91 Å². The van der Waals surface area contributed by atoms with E-state index in [0.717, 1.165) is 17.7 Å². The molecule has 2 N–H and O–H groups in total. The Balaban J connectivity index is 1.55. The van der Waals surface area contributed by atoms with E-state index in [0.29, 0.717) is 32.6 Å². The summed E-state index contributed by atoms with van der Waals surface area (Å²) in [5.41, 5.74) is -0.375. The molecule has 1 atom stereocenters. The number of carbonyl (C=O) groups excluding carboxylic acids is 1. The number of hydrogen-bond acceptors (Lipinski definition) is 6. The number of aliphatic hydroxyl groups is 1. The predicted octanol–water partition coefficient (Wildman–Crippen LogP) is 0.430. The average molecular weight is 359 g/mol. The van der Waals surface area contributed by atoms with Crippen LogP contribution in [0.1, 0.15) is 18.4 Å². The molecule has 1 aromatic carbocycles. The molecule has 0 aliphatic carbocycles. The lowest BCUT2D eigenvalue weighted by molar-refractivity contribution is -0.157. The molecule has 26 heavy (non-hydrogen) atoms. The van der Waals surface area contributed by atoms with Gasteiger partial charge in [0.25, 0.3) is 5.91 Å². The molecule has 0 unspecified atom stereocenters. The standard InChI is InChI=1S/C18H25N5O3/c1-26-16-5-2-4-15(12-16)13-22-9-3-6-18(25,17(22)24)14-19-7-10-23-11-8-20-21-23/h2,4-5,8,11-12,19,25H,3,6-7,9-10,13-14H2,1H3/t18-/m1/s1. The highest BCUT2D eigenvalue weighted by molar-refractivity contribution is 5.86. The van der Waals surface area contributed by atoms with Gasteiger partial charge in [-0.3, -0.25) is 9.48 Å². The normalized spacial score (nSPS) is 20.4. The van der Waals surface area contributed by atoms with Gasteiger partial charge in [-0.25, -0.2) is 0 Å². The van der Waals surface area contributed by atoms with Crippen LogP contribution in [0.5, 0.6) is 5.75 Å². The molecule has 8 nitrogen and oxygen atoms in total. The predicted molar refractivity (Wildman–Crippen MR) is 95.5 cm³/mol. The molecule has 8 heteroatoms. The summed E-state index contributed by atoms with van der Waals surface area (Å²) < 4.78 is 6.94. The zero-order valence-electron chi connectivity index (χ0n) is 15.0. The molecule has 0 saturated carbocycles. The Bertz CT molecular complexity index is 721. The van der Waals surface area contributed by atoms with Crippen LogP contribution < -0.4 is 10.1 Å². The summed E-state index contributed by atoms with van der Waals surface area (Å²) in [4.78, 5) is 14.5. The quantitative estimate of drug-likeness (QED) is 0.664.